The van der Waals surface area contributed by atoms with Crippen LogP contribution in [-0.2, 0) is 4.79 Å². The minimum Gasteiger partial charge on any atom is -0.354 e. The van der Waals surface area contributed by atoms with Crippen molar-refractivity contribution >= 4 is 17.7 Å². The Labute approximate surface area is 102 Å². The van der Waals surface area contributed by atoms with Crippen LogP contribution in [0.5, 0.6) is 0 Å². The molecule has 1 aliphatic heterocycles. The summed E-state index contributed by atoms with van der Waals surface area (Å²) in [5.41, 5.74) is -0.177. The Morgan fingerprint density at radius 1 is 1.44 bits per heavy atom. The summed E-state index contributed by atoms with van der Waals surface area (Å²) < 4.78 is 0.345. The summed E-state index contributed by atoms with van der Waals surface area (Å²) in [6.07, 6.45) is 6.94. The lowest BCUT2D eigenvalue weighted by Crippen LogP contribution is -2.49. The molecule has 4 heteroatoms. The van der Waals surface area contributed by atoms with E-state index in [9.17, 15) is 4.79 Å². The topological polar surface area (TPSA) is 41.1 Å². The van der Waals surface area contributed by atoms with E-state index in [0.717, 1.165) is 26.1 Å². The summed E-state index contributed by atoms with van der Waals surface area (Å²) in [5.74, 6) is 0.234. The maximum absolute atomic E-state index is 12.1. The van der Waals surface area contributed by atoms with Crippen molar-refractivity contribution in [3.8, 4) is 0 Å². The number of thioether (sulfide) groups is 1. The number of amides is 1. The van der Waals surface area contributed by atoms with E-state index >= 15 is 0 Å². The van der Waals surface area contributed by atoms with E-state index in [1.54, 1.807) is 0 Å². The molecule has 1 saturated heterocycles. The Bertz CT molecular complexity index is 265. The molecule has 0 bridgehead atoms. The highest BCUT2D eigenvalue weighted by Gasteiger charge is 2.40. The fraction of sp³-hybridized carbons (Fsp3) is 0.917. The van der Waals surface area contributed by atoms with E-state index in [4.69, 9.17) is 0 Å². The average molecular weight is 242 g/mol. The van der Waals surface area contributed by atoms with Crippen LogP contribution < -0.4 is 10.6 Å². The van der Waals surface area contributed by atoms with Gasteiger partial charge in [-0.15, -0.1) is 0 Å². The fourth-order valence-electron chi connectivity index (χ4n) is 2.49. The molecule has 1 unspecified atom stereocenters. The van der Waals surface area contributed by atoms with E-state index in [1.807, 2.05) is 11.8 Å². The minimum absolute atomic E-state index is 0.177. The van der Waals surface area contributed by atoms with Crippen molar-refractivity contribution < 1.29 is 4.79 Å². The molecule has 0 spiro atoms. The highest BCUT2D eigenvalue weighted by Crippen LogP contribution is 2.42. The van der Waals surface area contributed by atoms with Crippen LogP contribution in [0.3, 0.4) is 0 Å². The zero-order valence-corrected chi connectivity index (χ0v) is 11.1. The smallest absolute Gasteiger partial charge is 0.227 e. The Balaban J connectivity index is 1.83. The second-order valence-electron chi connectivity index (χ2n) is 5.41. The van der Waals surface area contributed by atoms with Gasteiger partial charge in [0.1, 0.15) is 0 Å². The van der Waals surface area contributed by atoms with Crippen LogP contribution in [0, 0.1) is 5.41 Å². The summed E-state index contributed by atoms with van der Waals surface area (Å²) in [7, 11) is 0. The van der Waals surface area contributed by atoms with Crippen molar-refractivity contribution in [3.05, 3.63) is 0 Å². The molecule has 2 fully saturated rings. The molecule has 0 aromatic rings. The Hall–Kier alpha value is -0.220. The second-order valence-corrected chi connectivity index (χ2v) is 6.69. The molecule has 92 valence electrons. The highest BCUT2D eigenvalue weighted by molar-refractivity contribution is 8.00. The van der Waals surface area contributed by atoms with E-state index in [0.29, 0.717) is 4.75 Å². The van der Waals surface area contributed by atoms with Crippen LogP contribution in [0.15, 0.2) is 0 Å². The van der Waals surface area contributed by atoms with E-state index in [1.165, 1.54) is 19.3 Å². The lowest BCUT2D eigenvalue weighted by Gasteiger charge is -2.41. The van der Waals surface area contributed by atoms with Crippen molar-refractivity contribution in [1.82, 2.24) is 10.6 Å². The number of hydrogen-bond donors (Lipinski definition) is 2. The van der Waals surface area contributed by atoms with Gasteiger partial charge < -0.3 is 10.6 Å². The fourth-order valence-corrected chi connectivity index (χ4v) is 3.40. The van der Waals surface area contributed by atoms with E-state index < -0.39 is 0 Å². The molecule has 1 aliphatic carbocycles. The van der Waals surface area contributed by atoms with Crippen molar-refractivity contribution in [2.75, 3.05) is 25.9 Å². The summed E-state index contributed by atoms with van der Waals surface area (Å²) in [4.78, 5) is 12.1. The maximum Gasteiger partial charge on any atom is 0.227 e. The first-order valence-electron chi connectivity index (χ1n) is 6.14. The minimum atomic E-state index is -0.177. The quantitative estimate of drug-likeness (QED) is 0.783. The molecule has 0 radical (unpaired) electrons. The van der Waals surface area contributed by atoms with E-state index in [2.05, 4.69) is 23.8 Å². The highest BCUT2D eigenvalue weighted by atomic mass is 32.2. The molecule has 1 amide bonds. The lowest BCUT2D eigenvalue weighted by molar-refractivity contribution is -0.129. The van der Waals surface area contributed by atoms with Crippen LogP contribution >= 0.6 is 11.8 Å². The third-order valence-corrected chi connectivity index (χ3v) is 5.60. The Morgan fingerprint density at radius 3 is 2.62 bits per heavy atom. The number of rotatable bonds is 4. The maximum atomic E-state index is 12.1. The van der Waals surface area contributed by atoms with E-state index in [-0.39, 0.29) is 11.3 Å². The zero-order chi connectivity index (χ0) is 11.6. The molecular weight excluding hydrogens is 220 g/mol. The predicted molar refractivity (Wildman–Crippen MR) is 68.7 cm³/mol. The lowest BCUT2D eigenvalue weighted by atomic mass is 9.83. The Morgan fingerprint density at radius 2 is 2.19 bits per heavy atom. The van der Waals surface area contributed by atoms with Gasteiger partial charge in [-0.2, -0.15) is 11.8 Å². The van der Waals surface area contributed by atoms with Crippen molar-refractivity contribution in [2.24, 2.45) is 5.41 Å². The normalized spacial score (nSPS) is 32.1. The number of carbonyl (C=O) groups is 1. The van der Waals surface area contributed by atoms with Gasteiger partial charge in [-0.25, -0.2) is 0 Å². The van der Waals surface area contributed by atoms with Gasteiger partial charge in [-0.05, 0) is 39.0 Å². The summed E-state index contributed by atoms with van der Waals surface area (Å²) >= 11 is 1.91. The van der Waals surface area contributed by atoms with Crippen molar-refractivity contribution in [2.45, 2.75) is 37.4 Å². The van der Waals surface area contributed by atoms with Gasteiger partial charge in [0.05, 0.1) is 5.41 Å². The molecule has 3 nitrogen and oxygen atoms in total. The average Bonchev–Trinajstić information content (AvgIpc) is 2.65. The summed E-state index contributed by atoms with van der Waals surface area (Å²) in [6.45, 7) is 4.71. The number of nitrogens with one attached hydrogen (secondary N) is 2. The first kappa shape index (κ1) is 12.2. The standard InChI is InChI=1S/C12H22N2OS/c1-11(6-7-13-8-11)10(15)14-9-12(16-2)4-3-5-12/h13H,3-9H2,1-2H3,(H,14,15). The van der Waals surface area contributed by atoms with Crippen LogP contribution in [0.2, 0.25) is 0 Å². The van der Waals surface area contributed by atoms with Crippen LogP contribution in [0.4, 0.5) is 0 Å². The van der Waals surface area contributed by atoms with Crippen molar-refractivity contribution in [1.29, 1.82) is 0 Å². The van der Waals surface area contributed by atoms with Gasteiger partial charge in [0.25, 0.3) is 0 Å². The van der Waals surface area contributed by atoms with Gasteiger partial charge in [0.2, 0.25) is 5.91 Å². The first-order valence-corrected chi connectivity index (χ1v) is 7.37. The molecular formula is C12H22N2OS. The largest absolute Gasteiger partial charge is 0.354 e. The number of hydrogen-bond acceptors (Lipinski definition) is 3. The molecule has 2 aliphatic rings. The zero-order valence-electron chi connectivity index (χ0n) is 10.3. The Kier molecular flexibility index (Phi) is 3.50. The molecule has 16 heavy (non-hydrogen) atoms. The van der Waals surface area contributed by atoms with Gasteiger partial charge in [-0.1, -0.05) is 6.42 Å². The molecule has 1 heterocycles. The molecule has 1 atom stereocenters. The van der Waals surface area contributed by atoms with Crippen molar-refractivity contribution in [3.63, 3.8) is 0 Å². The third-order valence-electron chi connectivity index (χ3n) is 4.19. The molecule has 1 saturated carbocycles. The van der Waals surface area contributed by atoms with Gasteiger partial charge in [0.15, 0.2) is 0 Å². The molecule has 2 N–H and O–H groups in total. The van der Waals surface area contributed by atoms with Gasteiger partial charge in [0, 0.05) is 17.8 Å². The van der Waals surface area contributed by atoms with Gasteiger partial charge in [-0.3, -0.25) is 4.79 Å². The second kappa shape index (κ2) is 4.57. The summed E-state index contributed by atoms with van der Waals surface area (Å²) in [6, 6.07) is 0. The molecule has 0 aromatic heterocycles. The monoisotopic (exact) mass is 242 g/mol. The van der Waals surface area contributed by atoms with Crippen LogP contribution in [0.25, 0.3) is 0 Å². The first-order chi connectivity index (χ1) is 7.60. The molecule has 2 rings (SSSR count). The SMILES string of the molecule is CSC1(CNC(=O)C2(C)CCNC2)CCC1. The van der Waals surface area contributed by atoms with Crippen LogP contribution in [-0.4, -0.2) is 36.5 Å². The predicted octanol–water partition coefficient (Wildman–Crippen LogP) is 1.39. The van der Waals surface area contributed by atoms with Gasteiger partial charge >= 0.3 is 0 Å². The third kappa shape index (κ3) is 2.23. The summed E-state index contributed by atoms with van der Waals surface area (Å²) in [5, 5.41) is 6.43. The molecule has 0 aromatic carbocycles. The number of carbonyl (C=O) groups excluding carboxylic acids is 1. The van der Waals surface area contributed by atoms with Crippen LogP contribution in [0.1, 0.15) is 32.6 Å².